The zero-order valence-electron chi connectivity index (χ0n) is 12.7. The van der Waals surface area contributed by atoms with Gasteiger partial charge in [0.25, 0.3) is 0 Å². The minimum Gasteiger partial charge on any atom is -0.449 e. The van der Waals surface area contributed by atoms with Gasteiger partial charge in [-0.1, -0.05) is 36.4 Å². The lowest BCUT2D eigenvalue weighted by Gasteiger charge is -2.15. The minimum atomic E-state index is -0.325. The molecule has 0 unspecified atom stereocenters. The lowest BCUT2D eigenvalue weighted by molar-refractivity contribution is 0.161. The van der Waals surface area contributed by atoms with E-state index in [9.17, 15) is 4.79 Å². The largest absolute Gasteiger partial charge is 0.449 e. The Balaban J connectivity index is 0.000000235. The molecule has 0 bridgehead atoms. The van der Waals surface area contributed by atoms with E-state index in [1.165, 1.54) is 4.90 Å². The number of nitrogens with one attached hydrogen (secondary N) is 1. The third-order valence-corrected chi connectivity index (χ3v) is 2.75. The van der Waals surface area contributed by atoms with Crippen molar-refractivity contribution in [2.24, 2.45) is 0 Å². The number of para-hydroxylation sites is 2. The summed E-state index contributed by atoms with van der Waals surface area (Å²) in [6, 6.07) is 19.4. The van der Waals surface area contributed by atoms with Gasteiger partial charge in [-0.3, -0.25) is 4.90 Å². The van der Waals surface area contributed by atoms with Crippen molar-refractivity contribution in [2.45, 2.75) is 6.92 Å². The number of benzene rings is 2. The summed E-state index contributed by atoms with van der Waals surface area (Å²) in [5.74, 6) is 0. The van der Waals surface area contributed by atoms with Crippen molar-refractivity contribution in [1.29, 1.82) is 0 Å². The van der Waals surface area contributed by atoms with Gasteiger partial charge in [0, 0.05) is 25.5 Å². The van der Waals surface area contributed by atoms with Crippen LogP contribution in [0.1, 0.15) is 6.92 Å². The second kappa shape index (κ2) is 9.42. The number of amides is 1. The fourth-order valence-electron chi connectivity index (χ4n) is 1.58. The Labute approximate surface area is 126 Å². The first kappa shape index (κ1) is 16.6. The molecule has 4 nitrogen and oxygen atoms in total. The molecule has 112 valence electrons. The van der Waals surface area contributed by atoms with Gasteiger partial charge in [-0.15, -0.1) is 0 Å². The minimum absolute atomic E-state index is 0.325. The van der Waals surface area contributed by atoms with Gasteiger partial charge in [0.1, 0.15) is 0 Å². The highest BCUT2D eigenvalue weighted by Crippen LogP contribution is 2.11. The number of carbonyl (C=O) groups is 1. The summed E-state index contributed by atoms with van der Waals surface area (Å²) in [6.07, 6.45) is -0.325. The van der Waals surface area contributed by atoms with Gasteiger partial charge in [-0.25, -0.2) is 4.79 Å². The van der Waals surface area contributed by atoms with Gasteiger partial charge in [0.05, 0.1) is 6.61 Å². The summed E-state index contributed by atoms with van der Waals surface area (Å²) >= 11 is 0. The van der Waals surface area contributed by atoms with Crippen molar-refractivity contribution in [1.82, 2.24) is 0 Å². The lowest BCUT2D eigenvalue weighted by atomic mass is 10.3. The first-order valence-electron chi connectivity index (χ1n) is 6.87. The topological polar surface area (TPSA) is 41.6 Å². The monoisotopic (exact) mass is 286 g/mol. The van der Waals surface area contributed by atoms with Crippen molar-refractivity contribution in [2.75, 3.05) is 30.9 Å². The van der Waals surface area contributed by atoms with Crippen LogP contribution in [0.25, 0.3) is 0 Å². The predicted molar refractivity (Wildman–Crippen MR) is 87.9 cm³/mol. The van der Waals surface area contributed by atoms with Crippen molar-refractivity contribution in [3.8, 4) is 0 Å². The molecule has 0 aliphatic rings. The van der Waals surface area contributed by atoms with Gasteiger partial charge in [0.15, 0.2) is 0 Å². The molecular formula is C17H22N2O2. The SMILES string of the molecule is CCOC(=O)N(C)c1ccccc1.CNc1ccccc1. The van der Waals surface area contributed by atoms with E-state index in [2.05, 4.69) is 5.32 Å². The number of carbonyl (C=O) groups excluding carboxylic acids is 1. The van der Waals surface area contributed by atoms with Gasteiger partial charge in [-0.05, 0) is 31.2 Å². The van der Waals surface area contributed by atoms with E-state index in [1.54, 1.807) is 14.0 Å². The van der Waals surface area contributed by atoms with Gasteiger partial charge in [-0.2, -0.15) is 0 Å². The number of ether oxygens (including phenoxy) is 1. The molecule has 0 saturated carbocycles. The van der Waals surface area contributed by atoms with Crippen LogP contribution in [0.4, 0.5) is 16.2 Å². The lowest BCUT2D eigenvalue weighted by Crippen LogP contribution is -2.26. The third kappa shape index (κ3) is 5.99. The summed E-state index contributed by atoms with van der Waals surface area (Å²) in [5.41, 5.74) is 1.99. The van der Waals surface area contributed by atoms with Crippen LogP contribution in [0.5, 0.6) is 0 Å². The molecular weight excluding hydrogens is 264 g/mol. The van der Waals surface area contributed by atoms with E-state index in [-0.39, 0.29) is 6.09 Å². The average molecular weight is 286 g/mol. The van der Waals surface area contributed by atoms with Crippen LogP contribution in [0, 0.1) is 0 Å². The van der Waals surface area contributed by atoms with Crippen LogP contribution >= 0.6 is 0 Å². The van der Waals surface area contributed by atoms with Crippen molar-refractivity contribution >= 4 is 17.5 Å². The average Bonchev–Trinajstić information content (AvgIpc) is 2.56. The zero-order chi connectivity index (χ0) is 15.5. The molecule has 0 spiro atoms. The van der Waals surface area contributed by atoms with Crippen LogP contribution in [-0.2, 0) is 4.74 Å². The highest BCUT2D eigenvalue weighted by Gasteiger charge is 2.09. The molecule has 0 heterocycles. The summed E-state index contributed by atoms with van der Waals surface area (Å²) in [6.45, 7) is 2.19. The highest BCUT2D eigenvalue weighted by atomic mass is 16.6. The molecule has 0 radical (unpaired) electrons. The second-order valence-corrected chi connectivity index (χ2v) is 4.21. The van der Waals surface area contributed by atoms with Crippen molar-refractivity contribution in [3.05, 3.63) is 60.7 Å². The van der Waals surface area contributed by atoms with Gasteiger partial charge in [0.2, 0.25) is 0 Å². The number of nitrogens with zero attached hydrogens (tertiary/aromatic N) is 1. The Kier molecular flexibility index (Phi) is 7.43. The zero-order valence-corrected chi connectivity index (χ0v) is 12.7. The normalized spacial score (nSPS) is 9.10. The Bertz CT molecular complexity index is 515. The Hall–Kier alpha value is -2.49. The maximum atomic E-state index is 11.2. The molecule has 2 aromatic carbocycles. The quantitative estimate of drug-likeness (QED) is 0.927. The molecule has 1 amide bonds. The number of hydrogen-bond acceptors (Lipinski definition) is 3. The smallest absolute Gasteiger partial charge is 0.413 e. The van der Waals surface area contributed by atoms with E-state index < -0.39 is 0 Å². The van der Waals surface area contributed by atoms with E-state index >= 15 is 0 Å². The molecule has 0 aliphatic carbocycles. The fraction of sp³-hybridized carbons (Fsp3) is 0.235. The Morgan fingerprint density at radius 2 is 1.57 bits per heavy atom. The number of hydrogen-bond donors (Lipinski definition) is 1. The van der Waals surface area contributed by atoms with Crippen molar-refractivity contribution < 1.29 is 9.53 Å². The highest BCUT2D eigenvalue weighted by molar-refractivity contribution is 5.86. The van der Waals surface area contributed by atoms with E-state index in [0.717, 1.165) is 11.4 Å². The first-order valence-corrected chi connectivity index (χ1v) is 6.87. The predicted octanol–water partition coefficient (Wildman–Crippen LogP) is 4.01. The van der Waals surface area contributed by atoms with E-state index in [1.807, 2.05) is 67.7 Å². The summed E-state index contributed by atoms with van der Waals surface area (Å²) < 4.78 is 4.85. The fourth-order valence-corrected chi connectivity index (χ4v) is 1.58. The van der Waals surface area contributed by atoms with E-state index in [4.69, 9.17) is 4.74 Å². The summed E-state index contributed by atoms with van der Waals surface area (Å²) in [7, 11) is 3.60. The molecule has 0 aliphatic heterocycles. The first-order chi connectivity index (χ1) is 10.2. The molecule has 1 N–H and O–H groups in total. The standard InChI is InChI=1S/C10H13NO2.C7H9N/c1-3-13-10(12)11(2)9-7-5-4-6-8-9;1-8-7-5-3-2-4-6-7/h4-8H,3H2,1-2H3;2-6,8H,1H3. The number of anilines is 2. The summed E-state index contributed by atoms with van der Waals surface area (Å²) in [5, 5.41) is 3.03. The Morgan fingerprint density at radius 3 is 2.00 bits per heavy atom. The van der Waals surface area contributed by atoms with Crippen LogP contribution in [0.2, 0.25) is 0 Å². The molecule has 21 heavy (non-hydrogen) atoms. The maximum absolute atomic E-state index is 11.2. The van der Waals surface area contributed by atoms with Crippen LogP contribution < -0.4 is 10.2 Å². The molecule has 2 rings (SSSR count). The van der Waals surface area contributed by atoms with E-state index in [0.29, 0.717) is 6.61 Å². The number of rotatable bonds is 3. The summed E-state index contributed by atoms with van der Waals surface area (Å²) in [4.78, 5) is 12.7. The molecule has 4 heteroatoms. The molecule has 0 atom stereocenters. The van der Waals surface area contributed by atoms with Crippen LogP contribution in [0.15, 0.2) is 60.7 Å². The Morgan fingerprint density at radius 1 is 1.05 bits per heavy atom. The van der Waals surface area contributed by atoms with Gasteiger partial charge >= 0.3 is 6.09 Å². The maximum Gasteiger partial charge on any atom is 0.413 e. The van der Waals surface area contributed by atoms with Crippen LogP contribution in [0.3, 0.4) is 0 Å². The molecule has 0 saturated heterocycles. The second-order valence-electron chi connectivity index (χ2n) is 4.21. The molecule has 0 aromatic heterocycles. The molecule has 0 fully saturated rings. The van der Waals surface area contributed by atoms with Gasteiger partial charge < -0.3 is 10.1 Å². The van der Waals surface area contributed by atoms with Crippen molar-refractivity contribution in [3.63, 3.8) is 0 Å². The van der Waals surface area contributed by atoms with Crippen LogP contribution in [-0.4, -0.2) is 26.8 Å². The molecule has 2 aromatic rings. The third-order valence-electron chi connectivity index (χ3n) is 2.75.